The Kier molecular flexibility index (Phi) is 6.74. The van der Waals surface area contributed by atoms with Crippen molar-refractivity contribution in [2.45, 2.75) is 85.7 Å². The Balaban J connectivity index is 2.72. The molecule has 1 saturated carbocycles. The van der Waals surface area contributed by atoms with E-state index in [0.717, 1.165) is 11.8 Å². The van der Waals surface area contributed by atoms with Crippen molar-refractivity contribution >= 4 is 0 Å². The summed E-state index contributed by atoms with van der Waals surface area (Å²) in [5.41, 5.74) is 0.690. The number of nitrogens with zero attached hydrogens (tertiary/aromatic N) is 1. The molecule has 0 aliphatic heterocycles. The van der Waals surface area contributed by atoms with Crippen molar-refractivity contribution in [3.05, 3.63) is 0 Å². The molecule has 0 bridgehead atoms. The van der Waals surface area contributed by atoms with Crippen LogP contribution in [0.5, 0.6) is 0 Å². The first-order chi connectivity index (χ1) is 9.55. The summed E-state index contributed by atoms with van der Waals surface area (Å²) in [6.45, 7) is 18.7. The van der Waals surface area contributed by atoms with E-state index in [0.29, 0.717) is 11.5 Å². The van der Waals surface area contributed by atoms with Gasteiger partial charge in [0.1, 0.15) is 0 Å². The average molecular weight is 297 g/mol. The summed E-state index contributed by atoms with van der Waals surface area (Å²) in [5.74, 6) is 1.64. The Morgan fingerprint density at radius 2 is 1.67 bits per heavy atom. The Bertz CT molecular complexity index is 295. The van der Waals surface area contributed by atoms with Gasteiger partial charge >= 0.3 is 0 Å². The highest BCUT2D eigenvalue weighted by atomic mass is 15.1. The van der Waals surface area contributed by atoms with Crippen LogP contribution in [0.1, 0.15) is 74.1 Å². The quantitative estimate of drug-likeness (QED) is 0.773. The minimum absolute atomic E-state index is 0.221. The second-order valence-electron chi connectivity index (χ2n) is 9.19. The maximum Gasteiger partial charge on any atom is 0.00967 e. The zero-order chi connectivity index (χ0) is 16.3. The largest absolute Gasteiger partial charge is 0.311 e. The zero-order valence-corrected chi connectivity index (χ0v) is 15.9. The standard InChI is InChI=1S/C19H40N2/c1-15(2)17(4)21(8)14-19(13-20-18(5,6)7)11-9-16(3)10-12-19/h15-17,20H,9-14H2,1-8H3. The van der Waals surface area contributed by atoms with Gasteiger partial charge in [-0.3, -0.25) is 0 Å². The Labute approximate surface area is 134 Å². The van der Waals surface area contributed by atoms with Gasteiger partial charge in [-0.15, -0.1) is 0 Å². The van der Waals surface area contributed by atoms with Gasteiger partial charge in [-0.05, 0) is 64.8 Å². The molecular weight excluding hydrogens is 256 g/mol. The van der Waals surface area contributed by atoms with E-state index in [-0.39, 0.29) is 5.54 Å². The molecule has 2 nitrogen and oxygen atoms in total. The second kappa shape index (κ2) is 7.46. The van der Waals surface area contributed by atoms with Crippen LogP contribution in [0, 0.1) is 17.3 Å². The Morgan fingerprint density at radius 3 is 2.10 bits per heavy atom. The Hall–Kier alpha value is -0.0800. The van der Waals surface area contributed by atoms with Crippen molar-refractivity contribution in [1.82, 2.24) is 10.2 Å². The van der Waals surface area contributed by atoms with Crippen molar-refractivity contribution in [2.24, 2.45) is 17.3 Å². The van der Waals surface area contributed by atoms with Crippen LogP contribution in [0.3, 0.4) is 0 Å². The van der Waals surface area contributed by atoms with Crippen LogP contribution in [0.15, 0.2) is 0 Å². The molecule has 1 fully saturated rings. The van der Waals surface area contributed by atoms with Crippen LogP contribution >= 0.6 is 0 Å². The SMILES string of the molecule is CC1CCC(CNC(C)(C)C)(CN(C)C(C)C(C)C)CC1. The van der Waals surface area contributed by atoms with E-state index in [9.17, 15) is 0 Å². The van der Waals surface area contributed by atoms with E-state index >= 15 is 0 Å². The zero-order valence-electron chi connectivity index (χ0n) is 15.9. The third kappa shape index (κ3) is 6.28. The van der Waals surface area contributed by atoms with Gasteiger partial charge in [0.2, 0.25) is 0 Å². The molecule has 1 aliphatic rings. The van der Waals surface area contributed by atoms with Gasteiger partial charge in [-0.2, -0.15) is 0 Å². The third-order valence-electron chi connectivity index (χ3n) is 5.57. The lowest BCUT2D eigenvalue weighted by atomic mass is 9.70. The van der Waals surface area contributed by atoms with Crippen LogP contribution in [0.2, 0.25) is 0 Å². The van der Waals surface area contributed by atoms with E-state index in [2.05, 4.69) is 65.7 Å². The lowest BCUT2D eigenvalue weighted by molar-refractivity contribution is 0.0658. The van der Waals surface area contributed by atoms with Gasteiger partial charge < -0.3 is 10.2 Å². The topological polar surface area (TPSA) is 15.3 Å². The Morgan fingerprint density at radius 1 is 1.14 bits per heavy atom. The maximum atomic E-state index is 3.79. The molecular formula is C19H40N2. The fourth-order valence-corrected chi connectivity index (χ4v) is 3.40. The van der Waals surface area contributed by atoms with Crippen LogP contribution in [0.25, 0.3) is 0 Å². The molecule has 1 unspecified atom stereocenters. The first-order valence-electron chi connectivity index (χ1n) is 9.00. The number of nitrogens with one attached hydrogen (secondary N) is 1. The van der Waals surface area contributed by atoms with Crippen LogP contribution < -0.4 is 5.32 Å². The predicted octanol–water partition coefficient (Wildman–Crippen LogP) is 4.55. The number of hydrogen-bond acceptors (Lipinski definition) is 2. The van der Waals surface area contributed by atoms with E-state index < -0.39 is 0 Å². The normalized spacial score (nSPS) is 29.1. The molecule has 2 heteroatoms. The van der Waals surface area contributed by atoms with Crippen molar-refractivity contribution in [3.63, 3.8) is 0 Å². The fraction of sp³-hybridized carbons (Fsp3) is 1.00. The van der Waals surface area contributed by atoms with Gasteiger partial charge in [0.15, 0.2) is 0 Å². The molecule has 0 spiro atoms. The van der Waals surface area contributed by atoms with Gasteiger partial charge in [-0.1, -0.05) is 33.6 Å². The van der Waals surface area contributed by atoms with Crippen LogP contribution in [-0.2, 0) is 0 Å². The van der Waals surface area contributed by atoms with Crippen molar-refractivity contribution in [1.29, 1.82) is 0 Å². The van der Waals surface area contributed by atoms with Crippen LogP contribution in [-0.4, -0.2) is 36.6 Å². The van der Waals surface area contributed by atoms with Gasteiger partial charge in [0, 0.05) is 24.7 Å². The average Bonchev–Trinajstić information content (AvgIpc) is 2.38. The van der Waals surface area contributed by atoms with Crippen LogP contribution in [0.4, 0.5) is 0 Å². The first-order valence-corrected chi connectivity index (χ1v) is 9.00. The summed E-state index contributed by atoms with van der Waals surface area (Å²) in [7, 11) is 2.32. The molecule has 0 heterocycles. The minimum atomic E-state index is 0.221. The molecule has 21 heavy (non-hydrogen) atoms. The third-order valence-corrected chi connectivity index (χ3v) is 5.57. The lowest BCUT2D eigenvalue weighted by Crippen LogP contribution is -2.51. The summed E-state index contributed by atoms with van der Waals surface area (Å²) in [5, 5.41) is 3.79. The molecule has 0 saturated heterocycles. The number of hydrogen-bond donors (Lipinski definition) is 1. The molecule has 1 N–H and O–H groups in total. The maximum absolute atomic E-state index is 3.79. The summed E-state index contributed by atoms with van der Waals surface area (Å²) in [6.07, 6.45) is 5.56. The molecule has 1 rings (SSSR count). The van der Waals surface area contributed by atoms with E-state index in [1.54, 1.807) is 0 Å². The molecule has 0 radical (unpaired) electrons. The summed E-state index contributed by atoms with van der Waals surface area (Å²) in [6, 6.07) is 0.663. The second-order valence-corrected chi connectivity index (χ2v) is 9.19. The highest BCUT2D eigenvalue weighted by molar-refractivity contribution is 4.91. The monoisotopic (exact) mass is 296 g/mol. The van der Waals surface area contributed by atoms with Gasteiger partial charge in [-0.25, -0.2) is 0 Å². The molecule has 1 atom stereocenters. The summed E-state index contributed by atoms with van der Waals surface area (Å²) in [4.78, 5) is 2.60. The molecule has 0 aromatic carbocycles. The lowest BCUT2D eigenvalue weighted by Gasteiger charge is -2.45. The first kappa shape index (κ1) is 19.0. The highest BCUT2D eigenvalue weighted by Gasteiger charge is 2.36. The van der Waals surface area contributed by atoms with E-state index in [1.807, 2.05) is 0 Å². The molecule has 126 valence electrons. The van der Waals surface area contributed by atoms with E-state index in [4.69, 9.17) is 0 Å². The van der Waals surface area contributed by atoms with Crippen molar-refractivity contribution in [2.75, 3.05) is 20.1 Å². The smallest absolute Gasteiger partial charge is 0.00967 e. The van der Waals surface area contributed by atoms with Crippen molar-refractivity contribution in [3.8, 4) is 0 Å². The predicted molar refractivity (Wildman–Crippen MR) is 94.8 cm³/mol. The van der Waals surface area contributed by atoms with E-state index in [1.165, 1.54) is 38.8 Å². The van der Waals surface area contributed by atoms with Gasteiger partial charge in [0.25, 0.3) is 0 Å². The number of rotatable bonds is 6. The minimum Gasteiger partial charge on any atom is -0.311 e. The molecule has 0 aromatic rings. The molecule has 0 amide bonds. The van der Waals surface area contributed by atoms with Gasteiger partial charge in [0.05, 0.1) is 0 Å². The summed E-state index contributed by atoms with van der Waals surface area (Å²) >= 11 is 0. The molecule has 0 aromatic heterocycles. The highest BCUT2D eigenvalue weighted by Crippen LogP contribution is 2.39. The summed E-state index contributed by atoms with van der Waals surface area (Å²) < 4.78 is 0. The fourth-order valence-electron chi connectivity index (χ4n) is 3.40. The van der Waals surface area contributed by atoms with Crippen molar-refractivity contribution < 1.29 is 0 Å². The molecule has 1 aliphatic carbocycles.